The van der Waals surface area contributed by atoms with E-state index in [1.54, 1.807) is 13.2 Å². The fourth-order valence-corrected chi connectivity index (χ4v) is 3.38. The van der Waals surface area contributed by atoms with Crippen LogP contribution in [0.3, 0.4) is 0 Å². The Morgan fingerprint density at radius 2 is 1.96 bits per heavy atom. The second-order valence-electron chi connectivity index (χ2n) is 5.52. The Morgan fingerprint density at radius 3 is 2.52 bits per heavy atom. The Bertz CT molecular complexity index is 773. The van der Waals surface area contributed by atoms with E-state index in [-0.39, 0.29) is 10.9 Å². The molecule has 122 valence electrons. The van der Waals surface area contributed by atoms with E-state index >= 15 is 0 Å². The van der Waals surface area contributed by atoms with Crippen LogP contribution in [-0.2, 0) is 10.0 Å². The third-order valence-electron chi connectivity index (χ3n) is 4.10. The quantitative estimate of drug-likeness (QED) is 0.926. The third kappa shape index (κ3) is 3.30. The van der Waals surface area contributed by atoms with Crippen molar-refractivity contribution in [1.82, 2.24) is 4.98 Å². The molecule has 1 fully saturated rings. The maximum Gasteiger partial charge on any atom is 0.239 e. The van der Waals surface area contributed by atoms with Crippen molar-refractivity contribution in [1.29, 1.82) is 0 Å². The van der Waals surface area contributed by atoms with E-state index in [1.165, 1.54) is 17.8 Å². The number of nitrogens with two attached hydrogens (primary N) is 1. The summed E-state index contributed by atoms with van der Waals surface area (Å²) in [6, 6.07) is 11.4. The van der Waals surface area contributed by atoms with Crippen LogP contribution in [0.15, 0.2) is 47.5 Å². The molecular formula is C16H19N3O3S. The topological polar surface area (TPSA) is 85.5 Å². The number of hydrogen-bond donors (Lipinski definition) is 1. The van der Waals surface area contributed by atoms with Gasteiger partial charge in [0.25, 0.3) is 0 Å². The number of pyridine rings is 1. The highest BCUT2D eigenvalue weighted by atomic mass is 32.2. The summed E-state index contributed by atoms with van der Waals surface area (Å²) in [7, 11) is -2.06. The lowest BCUT2D eigenvalue weighted by atomic mass is 10.0. The van der Waals surface area contributed by atoms with E-state index in [9.17, 15) is 8.42 Å². The fourth-order valence-electron chi connectivity index (χ4n) is 2.92. The molecule has 3 rings (SSSR count). The van der Waals surface area contributed by atoms with Gasteiger partial charge in [0.1, 0.15) is 16.5 Å². The molecule has 1 aromatic heterocycles. The minimum atomic E-state index is -3.71. The predicted octanol–water partition coefficient (Wildman–Crippen LogP) is 2.08. The molecule has 0 aliphatic carbocycles. The van der Waals surface area contributed by atoms with Crippen molar-refractivity contribution in [3.63, 3.8) is 0 Å². The SMILES string of the molecule is COc1ccc([C@@H]2CCCN2c2ccc(S(N)(=O)=O)cn2)cc1. The summed E-state index contributed by atoms with van der Waals surface area (Å²) in [6.45, 7) is 0.887. The summed E-state index contributed by atoms with van der Waals surface area (Å²) in [5.41, 5.74) is 1.20. The van der Waals surface area contributed by atoms with E-state index < -0.39 is 10.0 Å². The Morgan fingerprint density at radius 1 is 1.22 bits per heavy atom. The third-order valence-corrected chi connectivity index (χ3v) is 5.00. The predicted molar refractivity (Wildman–Crippen MR) is 87.9 cm³/mol. The van der Waals surface area contributed by atoms with Crippen LogP contribution in [0.4, 0.5) is 5.82 Å². The number of benzene rings is 1. The standard InChI is InChI=1S/C16H19N3O3S/c1-22-13-6-4-12(5-7-13)15-3-2-10-19(15)16-9-8-14(11-18-16)23(17,20)21/h4-9,11,15H,2-3,10H2,1H3,(H2,17,20,21)/t15-/m0/s1. The van der Waals surface area contributed by atoms with Gasteiger partial charge in [-0.05, 0) is 42.7 Å². The molecular weight excluding hydrogens is 314 g/mol. The van der Waals surface area contributed by atoms with Gasteiger partial charge in [-0.15, -0.1) is 0 Å². The van der Waals surface area contributed by atoms with Crippen LogP contribution in [0.2, 0.25) is 0 Å². The number of nitrogens with zero attached hydrogens (tertiary/aromatic N) is 2. The Kier molecular flexibility index (Phi) is 4.23. The number of anilines is 1. The zero-order valence-corrected chi connectivity index (χ0v) is 13.7. The minimum absolute atomic E-state index is 0.0291. The summed E-state index contributed by atoms with van der Waals surface area (Å²) in [6.07, 6.45) is 3.41. The zero-order valence-electron chi connectivity index (χ0n) is 12.8. The number of methoxy groups -OCH3 is 1. The van der Waals surface area contributed by atoms with Gasteiger partial charge in [-0.1, -0.05) is 12.1 Å². The highest BCUT2D eigenvalue weighted by Gasteiger charge is 2.27. The molecule has 0 radical (unpaired) electrons. The second-order valence-corrected chi connectivity index (χ2v) is 7.08. The van der Waals surface area contributed by atoms with Crippen molar-refractivity contribution in [3.8, 4) is 5.75 Å². The van der Waals surface area contributed by atoms with E-state index in [2.05, 4.69) is 22.0 Å². The van der Waals surface area contributed by atoms with Gasteiger partial charge in [0.05, 0.1) is 13.2 Å². The monoisotopic (exact) mass is 333 g/mol. The molecule has 1 saturated heterocycles. The van der Waals surface area contributed by atoms with Crippen LogP contribution in [-0.4, -0.2) is 27.1 Å². The average Bonchev–Trinajstić information content (AvgIpc) is 3.04. The summed E-state index contributed by atoms with van der Waals surface area (Å²) in [4.78, 5) is 6.50. The maximum absolute atomic E-state index is 11.3. The lowest BCUT2D eigenvalue weighted by Crippen LogP contribution is -2.23. The maximum atomic E-state index is 11.3. The largest absolute Gasteiger partial charge is 0.497 e. The summed E-state index contributed by atoms with van der Waals surface area (Å²) < 4.78 is 27.8. The van der Waals surface area contributed by atoms with Gasteiger partial charge < -0.3 is 9.64 Å². The highest BCUT2D eigenvalue weighted by Crippen LogP contribution is 2.35. The molecule has 0 spiro atoms. The molecule has 2 N–H and O–H groups in total. The molecule has 1 aromatic carbocycles. The van der Waals surface area contributed by atoms with Crippen molar-refractivity contribution >= 4 is 15.8 Å². The number of primary sulfonamides is 1. The number of aromatic nitrogens is 1. The van der Waals surface area contributed by atoms with Gasteiger partial charge in [-0.3, -0.25) is 0 Å². The molecule has 7 heteroatoms. The molecule has 0 saturated carbocycles. The molecule has 0 bridgehead atoms. The number of rotatable bonds is 4. The summed E-state index contributed by atoms with van der Waals surface area (Å²) in [5, 5.41) is 5.11. The van der Waals surface area contributed by atoms with Crippen LogP contribution in [0.25, 0.3) is 0 Å². The Balaban J connectivity index is 1.86. The number of ether oxygens (including phenoxy) is 1. The molecule has 1 atom stereocenters. The van der Waals surface area contributed by atoms with Gasteiger partial charge in [-0.25, -0.2) is 18.5 Å². The molecule has 1 aliphatic heterocycles. The van der Waals surface area contributed by atoms with Crippen LogP contribution in [0, 0.1) is 0 Å². The Hall–Kier alpha value is -2.12. The first-order valence-electron chi connectivity index (χ1n) is 7.38. The van der Waals surface area contributed by atoms with Crippen LogP contribution < -0.4 is 14.8 Å². The van der Waals surface area contributed by atoms with Crippen LogP contribution in [0.1, 0.15) is 24.4 Å². The average molecular weight is 333 g/mol. The van der Waals surface area contributed by atoms with Crippen molar-refractivity contribution in [3.05, 3.63) is 48.2 Å². The molecule has 2 heterocycles. The van der Waals surface area contributed by atoms with E-state index in [0.29, 0.717) is 0 Å². The van der Waals surface area contributed by atoms with Gasteiger partial charge in [0.2, 0.25) is 10.0 Å². The van der Waals surface area contributed by atoms with Crippen molar-refractivity contribution in [2.24, 2.45) is 5.14 Å². The molecule has 6 nitrogen and oxygen atoms in total. The van der Waals surface area contributed by atoms with E-state index in [0.717, 1.165) is 31.0 Å². The van der Waals surface area contributed by atoms with E-state index in [4.69, 9.17) is 9.88 Å². The van der Waals surface area contributed by atoms with Crippen LogP contribution >= 0.6 is 0 Å². The first kappa shape index (κ1) is 15.8. The first-order chi connectivity index (χ1) is 11.0. The van der Waals surface area contributed by atoms with Crippen LogP contribution in [0.5, 0.6) is 5.75 Å². The highest BCUT2D eigenvalue weighted by molar-refractivity contribution is 7.89. The van der Waals surface area contributed by atoms with E-state index in [1.807, 2.05) is 12.1 Å². The van der Waals surface area contributed by atoms with Crippen molar-refractivity contribution in [2.45, 2.75) is 23.8 Å². The summed E-state index contributed by atoms with van der Waals surface area (Å²) in [5.74, 6) is 1.59. The zero-order chi connectivity index (χ0) is 16.4. The first-order valence-corrected chi connectivity index (χ1v) is 8.93. The smallest absolute Gasteiger partial charge is 0.239 e. The fraction of sp³-hybridized carbons (Fsp3) is 0.312. The van der Waals surface area contributed by atoms with Gasteiger partial charge in [0.15, 0.2) is 0 Å². The van der Waals surface area contributed by atoms with Crippen molar-refractivity contribution < 1.29 is 13.2 Å². The lowest BCUT2D eigenvalue weighted by Gasteiger charge is -2.26. The normalized spacial score (nSPS) is 18.2. The van der Waals surface area contributed by atoms with Gasteiger partial charge >= 0.3 is 0 Å². The van der Waals surface area contributed by atoms with Gasteiger partial charge in [-0.2, -0.15) is 0 Å². The minimum Gasteiger partial charge on any atom is -0.497 e. The van der Waals surface area contributed by atoms with Gasteiger partial charge in [0, 0.05) is 12.7 Å². The summed E-state index contributed by atoms with van der Waals surface area (Å²) >= 11 is 0. The molecule has 2 aromatic rings. The molecule has 1 aliphatic rings. The molecule has 23 heavy (non-hydrogen) atoms. The number of sulfonamides is 1. The molecule has 0 unspecified atom stereocenters. The number of hydrogen-bond acceptors (Lipinski definition) is 5. The Labute approximate surface area is 136 Å². The molecule has 0 amide bonds. The van der Waals surface area contributed by atoms with Crippen molar-refractivity contribution in [2.75, 3.05) is 18.6 Å². The lowest BCUT2D eigenvalue weighted by molar-refractivity contribution is 0.414. The second kappa shape index (κ2) is 6.17.